The Bertz CT molecular complexity index is 356. The first-order chi connectivity index (χ1) is 7.81. The molecule has 0 unspecified atom stereocenters. The molecule has 0 spiro atoms. The zero-order valence-electron chi connectivity index (χ0n) is 9.26. The van der Waals surface area contributed by atoms with E-state index >= 15 is 0 Å². The zero-order valence-corrected chi connectivity index (χ0v) is 9.26. The standard InChI is InChI=1S/C11H17N3O2/c12-8-10-2-1-3-14(10)9-11(15)13-4-6-16-7-5-13/h1-3H,4-9,12H2. The van der Waals surface area contributed by atoms with Gasteiger partial charge in [0.15, 0.2) is 0 Å². The van der Waals surface area contributed by atoms with Crippen LogP contribution in [0.2, 0.25) is 0 Å². The molecule has 1 aromatic heterocycles. The third-order valence-corrected chi connectivity index (χ3v) is 2.80. The van der Waals surface area contributed by atoms with E-state index in [4.69, 9.17) is 10.5 Å². The molecule has 0 atom stereocenters. The maximum Gasteiger partial charge on any atom is 0.242 e. The number of hydrogen-bond acceptors (Lipinski definition) is 3. The number of morpholine rings is 1. The van der Waals surface area contributed by atoms with E-state index in [-0.39, 0.29) is 5.91 Å². The number of ether oxygens (including phenoxy) is 1. The highest BCUT2D eigenvalue weighted by molar-refractivity contribution is 5.76. The van der Waals surface area contributed by atoms with Crippen molar-refractivity contribution >= 4 is 5.91 Å². The van der Waals surface area contributed by atoms with Crippen LogP contribution in [0, 0.1) is 0 Å². The van der Waals surface area contributed by atoms with Crippen molar-refractivity contribution in [2.24, 2.45) is 5.73 Å². The number of nitrogens with zero attached hydrogens (tertiary/aromatic N) is 2. The van der Waals surface area contributed by atoms with Crippen LogP contribution in [-0.2, 0) is 22.6 Å². The molecule has 1 aliphatic rings. The summed E-state index contributed by atoms with van der Waals surface area (Å²) in [5, 5.41) is 0. The summed E-state index contributed by atoms with van der Waals surface area (Å²) >= 11 is 0. The molecule has 1 amide bonds. The summed E-state index contributed by atoms with van der Waals surface area (Å²) < 4.78 is 7.11. The van der Waals surface area contributed by atoms with Gasteiger partial charge in [-0.3, -0.25) is 4.79 Å². The molecular weight excluding hydrogens is 206 g/mol. The van der Waals surface area contributed by atoms with Gasteiger partial charge in [0, 0.05) is 31.5 Å². The molecule has 1 aliphatic heterocycles. The molecule has 1 fully saturated rings. The van der Waals surface area contributed by atoms with Gasteiger partial charge in [-0.05, 0) is 12.1 Å². The average molecular weight is 223 g/mol. The number of nitrogens with two attached hydrogens (primary N) is 1. The lowest BCUT2D eigenvalue weighted by Gasteiger charge is -2.27. The Hall–Kier alpha value is -1.33. The summed E-state index contributed by atoms with van der Waals surface area (Å²) in [5.41, 5.74) is 6.57. The van der Waals surface area contributed by atoms with Gasteiger partial charge in [-0.25, -0.2) is 0 Å². The van der Waals surface area contributed by atoms with Gasteiger partial charge in [0.1, 0.15) is 6.54 Å². The number of aromatic nitrogens is 1. The van der Waals surface area contributed by atoms with E-state index < -0.39 is 0 Å². The summed E-state index contributed by atoms with van der Waals surface area (Å²) in [7, 11) is 0. The maximum atomic E-state index is 11.9. The fourth-order valence-electron chi connectivity index (χ4n) is 1.85. The van der Waals surface area contributed by atoms with Gasteiger partial charge in [0.05, 0.1) is 13.2 Å². The minimum Gasteiger partial charge on any atom is -0.378 e. The maximum absolute atomic E-state index is 11.9. The fourth-order valence-corrected chi connectivity index (χ4v) is 1.85. The predicted molar refractivity (Wildman–Crippen MR) is 59.7 cm³/mol. The van der Waals surface area contributed by atoms with Gasteiger partial charge >= 0.3 is 0 Å². The van der Waals surface area contributed by atoms with Crippen molar-refractivity contribution in [1.29, 1.82) is 0 Å². The smallest absolute Gasteiger partial charge is 0.242 e. The number of carbonyl (C=O) groups is 1. The summed E-state index contributed by atoms with van der Waals surface area (Å²) in [6, 6.07) is 3.85. The summed E-state index contributed by atoms with van der Waals surface area (Å²) in [5.74, 6) is 0.134. The average Bonchev–Trinajstić information content (AvgIpc) is 2.77. The van der Waals surface area contributed by atoms with E-state index in [9.17, 15) is 4.79 Å². The molecule has 0 bridgehead atoms. The highest BCUT2D eigenvalue weighted by Crippen LogP contribution is 2.04. The van der Waals surface area contributed by atoms with Gasteiger partial charge in [-0.1, -0.05) is 0 Å². The lowest BCUT2D eigenvalue weighted by molar-refractivity contribution is -0.135. The molecular formula is C11H17N3O2. The van der Waals surface area contributed by atoms with Crippen LogP contribution in [-0.4, -0.2) is 41.7 Å². The predicted octanol–water partition coefficient (Wildman–Crippen LogP) is -0.194. The number of hydrogen-bond donors (Lipinski definition) is 1. The van der Waals surface area contributed by atoms with Crippen LogP contribution in [0.4, 0.5) is 0 Å². The van der Waals surface area contributed by atoms with E-state index in [0.717, 1.165) is 5.69 Å². The first-order valence-electron chi connectivity index (χ1n) is 5.51. The molecule has 88 valence electrons. The van der Waals surface area contributed by atoms with E-state index in [1.165, 1.54) is 0 Å². The second-order valence-corrected chi connectivity index (χ2v) is 3.82. The lowest BCUT2D eigenvalue weighted by atomic mass is 10.4. The fraction of sp³-hybridized carbons (Fsp3) is 0.545. The topological polar surface area (TPSA) is 60.5 Å². The van der Waals surface area contributed by atoms with Crippen LogP contribution in [0.5, 0.6) is 0 Å². The first kappa shape index (κ1) is 11.2. The Morgan fingerprint density at radius 3 is 2.88 bits per heavy atom. The summed E-state index contributed by atoms with van der Waals surface area (Å²) in [6.45, 7) is 3.50. The molecule has 0 aliphatic carbocycles. The normalized spacial score (nSPS) is 16.4. The third kappa shape index (κ3) is 2.43. The SMILES string of the molecule is NCc1cccn1CC(=O)N1CCOCC1. The monoisotopic (exact) mass is 223 g/mol. The molecule has 5 heteroatoms. The van der Waals surface area contributed by atoms with Crippen molar-refractivity contribution in [2.45, 2.75) is 13.1 Å². The van der Waals surface area contributed by atoms with E-state index in [1.807, 2.05) is 27.8 Å². The van der Waals surface area contributed by atoms with Crippen LogP contribution < -0.4 is 5.73 Å². The Morgan fingerprint density at radius 2 is 2.19 bits per heavy atom. The van der Waals surface area contributed by atoms with E-state index in [0.29, 0.717) is 39.4 Å². The molecule has 0 radical (unpaired) electrons. The van der Waals surface area contributed by atoms with Crippen molar-refractivity contribution in [2.75, 3.05) is 26.3 Å². The van der Waals surface area contributed by atoms with Crippen LogP contribution in [0.15, 0.2) is 18.3 Å². The largest absolute Gasteiger partial charge is 0.378 e. The molecule has 5 nitrogen and oxygen atoms in total. The van der Waals surface area contributed by atoms with Crippen molar-refractivity contribution in [3.8, 4) is 0 Å². The van der Waals surface area contributed by atoms with Gasteiger partial charge < -0.3 is 19.9 Å². The Morgan fingerprint density at radius 1 is 1.44 bits per heavy atom. The van der Waals surface area contributed by atoms with Crippen LogP contribution in [0.1, 0.15) is 5.69 Å². The van der Waals surface area contributed by atoms with Gasteiger partial charge in [0.2, 0.25) is 5.91 Å². The van der Waals surface area contributed by atoms with E-state index in [1.54, 1.807) is 0 Å². The van der Waals surface area contributed by atoms with Crippen LogP contribution in [0.3, 0.4) is 0 Å². The van der Waals surface area contributed by atoms with Crippen molar-refractivity contribution in [3.05, 3.63) is 24.0 Å². The Kier molecular flexibility index (Phi) is 3.58. The minimum atomic E-state index is 0.134. The van der Waals surface area contributed by atoms with Gasteiger partial charge in [0.25, 0.3) is 0 Å². The quantitative estimate of drug-likeness (QED) is 0.772. The second-order valence-electron chi connectivity index (χ2n) is 3.82. The molecule has 1 saturated heterocycles. The van der Waals surface area contributed by atoms with E-state index in [2.05, 4.69) is 0 Å². The lowest BCUT2D eigenvalue weighted by Crippen LogP contribution is -2.42. The minimum absolute atomic E-state index is 0.134. The summed E-state index contributed by atoms with van der Waals surface area (Å²) in [4.78, 5) is 13.8. The molecule has 1 aromatic rings. The molecule has 0 aromatic carbocycles. The molecule has 2 heterocycles. The Labute approximate surface area is 94.8 Å². The highest BCUT2D eigenvalue weighted by Gasteiger charge is 2.17. The van der Waals surface area contributed by atoms with Gasteiger partial charge in [-0.15, -0.1) is 0 Å². The first-order valence-corrected chi connectivity index (χ1v) is 5.51. The van der Waals surface area contributed by atoms with Crippen molar-refractivity contribution in [3.63, 3.8) is 0 Å². The number of amides is 1. The van der Waals surface area contributed by atoms with Gasteiger partial charge in [-0.2, -0.15) is 0 Å². The highest BCUT2D eigenvalue weighted by atomic mass is 16.5. The van der Waals surface area contributed by atoms with Crippen molar-refractivity contribution in [1.82, 2.24) is 9.47 Å². The zero-order chi connectivity index (χ0) is 11.4. The third-order valence-electron chi connectivity index (χ3n) is 2.80. The van der Waals surface area contributed by atoms with Crippen LogP contribution >= 0.6 is 0 Å². The summed E-state index contributed by atoms with van der Waals surface area (Å²) in [6.07, 6.45) is 1.89. The molecule has 2 N–H and O–H groups in total. The molecule has 0 saturated carbocycles. The number of rotatable bonds is 3. The van der Waals surface area contributed by atoms with Crippen molar-refractivity contribution < 1.29 is 9.53 Å². The second kappa shape index (κ2) is 5.14. The molecule has 16 heavy (non-hydrogen) atoms. The van der Waals surface area contributed by atoms with Crippen LogP contribution in [0.25, 0.3) is 0 Å². The molecule has 2 rings (SSSR count). The number of carbonyl (C=O) groups excluding carboxylic acids is 1. The Balaban J connectivity index is 1.95.